The Morgan fingerprint density at radius 1 is 1.00 bits per heavy atom. The number of carbonyl (C=O) groups is 1. The number of ketones is 1. The van der Waals surface area contributed by atoms with Crippen molar-refractivity contribution < 1.29 is 32.5 Å². The summed E-state index contributed by atoms with van der Waals surface area (Å²) in [5.74, 6) is 0.534. The lowest BCUT2D eigenvalue weighted by atomic mass is 9.81. The molecule has 2 aromatic carbocycles. The molecule has 7 heteroatoms. The van der Waals surface area contributed by atoms with Gasteiger partial charge in [0.25, 0.3) is 0 Å². The van der Waals surface area contributed by atoms with Crippen LogP contribution >= 0.6 is 0 Å². The molecule has 0 heterocycles. The van der Waals surface area contributed by atoms with Gasteiger partial charge in [-0.3, -0.25) is 4.79 Å². The van der Waals surface area contributed by atoms with Gasteiger partial charge in [0.05, 0.1) is 5.57 Å². The summed E-state index contributed by atoms with van der Waals surface area (Å²) in [5.41, 5.74) is 1.96. The second kappa shape index (κ2) is 7.70. The Morgan fingerprint density at radius 2 is 1.63 bits per heavy atom. The minimum Gasteiger partial charge on any atom is -0.511 e. The molecule has 1 N–H and O–H groups in total. The van der Waals surface area contributed by atoms with Crippen LogP contribution in [0.15, 0.2) is 48.2 Å². The van der Waals surface area contributed by atoms with Crippen LogP contribution in [0.25, 0.3) is 5.57 Å². The molecule has 2 unspecified atom stereocenters. The van der Waals surface area contributed by atoms with Crippen LogP contribution in [0, 0.1) is 11.8 Å². The Bertz CT molecular complexity index is 992. The average molecular weight is 418 g/mol. The second-order valence-electron chi connectivity index (χ2n) is 7.63. The summed E-state index contributed by atoms with van der Waals surface area (Å²) in [6.45, 7) is 1.97. The van der Waals surface area contributed by atoms with E-state index in [0.717, 1.165) is 18.4 Å². The van der Waals surface area contributed by atoms with Crippen molar-refractivity contribution in [2.24, 2.45) is 11.8 Å². The zero-order valence-corrected chi connectivity index (χ0v) is 16.3. The lowest BCUT2D eigenvalue weighted by Gasteiger charge is -2.23. The SMILES string of the molecule is CCc1ccc(Oc2ccc(OC(F)(F)F)cc2)cc1C1=C(O)C2CCC(C2)C1=O. The Hall–Kier alpha value is -2.96. The maximum absolute atomic E-state index is 12.9. The number of hydrogen-bond acceptors (Lipinski definition) is 4. The number of ether oxygens (including phenoxy) is 2. The Morgan fingerprint density at radius 3 is 2.30 bits per heavy atom. The number of benzene rings is 2. The van der Waals surface area contributed by atoms with Crippen molar-refractivity contribution in [3.05, 3.63) is 59.4 Å². The maximum Gasteiger partial charge on any atom is 0.573 e. The predicted octanol–water partition coefficient (Wildman–Crippen LogP) is 6.21. The Labute approximate surface area is 171 Å². The molecule has 0 spiro atoms. The van der Waals surface area contributed by atoms with E-state index in [2.05, 4.69) is 4.74 Å². The Balaban J connectivity index is 1.62. The summed E-state index contributed by atoms with van der Waals surface area (Å²) in [6, 6.07) is 10.4. The average Bonchev–Trinajstić information content (AvgIpc) is 3.15. The third-order valence-electron chi connectivity index (χ3n) is 5.72. The van der Waals surface area contributed by atoms with E-state index in [1.54, 1.807) is 12.1 Å². The zero-order valence-electron chi connectivity index (χ0n) is 16.3. The first kappa shape index (κ1) is 20.3. The van der Waals surface area contributed by atoms with E-state index >= 15 is 0 Å². The first-order valence-corrected chi connectivity index (χ1v) is 9.89. The predicted molar refractivity (Wildman–Crippen MR) is 104 cm³/mol. The van der Waals surface area contributed by atoms with Gasteiger partial charge in [0.15, 0.2) is 5.78 Å². The molecule has 2 bridgehead atoms. The highest BCUT2D eigenvalue weighted by Crippen LogP contribution is 2.46. The fraction of sp³-hybridized carbons (Fsp3) is 0.348. The first-order valence-electron chi connectivity index (χ1n) is 9.89. The number of Topliss-reactive ketones (excluding diaryl/α,β-unsaturated/α-hetero) is 1. The monoisotopic (exact) mass is 418 g/mol. The van der Waals surface area contributed by atoms with Crippen LogP contribution in [0.5, 0.6) is 17.2 Å². The van der Waals surface area contributed by atoms with E-state index < -0.39 is 6.36 Å². The quantitative estimate of drug-likeness (QED) is 0.627. The lowest BCUT2D eigenvalue weighted by Crippen LogP contribution is -2.21. The number of carbonyl (C=O) groups excluding carboxylic acids is 1. The van der Waals surface area contributed by atoms with E-state index in [0.29, 0.717) is 35.5 Å². The summed E-state index contributed by atoms with van der Waals surface area (Å²) in [6.07, 6.45) is -1.76. The van der Waals surface area contributed by atoms with Gasteiger partial charge in [-0.2, -0.15) is 0 Å². The van der Waals surface area contributed by atoms with Crippen molar-refractivity contribution in [3.8, 4) is 17.2 Å². The topological polar surface area (TPSA) is 55.8 Å². The van der Waals surface area contributed by atoms with Crippen LogP contribution in [0.4, 0.5) is 13.2 Å². The van der Waals surface area contributed by atoms with Gasteiger partial charge >= 0.3 is 6.36 Å². The number of rotatable bonds is 5. The minimum atomic E-state index is -4.76. The molecular weight excluding hydrogens is 397 g/mol. The number of hydrogen-bond donors (Lipinski definition) is 1. The van der Waals surface area contributed by atoms with Gasteiger partial charge in [-0.1, -0.05) is 13.0 Å². The van der Waals surface area contributed by atoms with Crippen molar-refractivity contribution in [1.29, 1.82) is 0 Å². The van der Waals surface area contributed by atoms with Crippen LogP contribution in [0.2, 0.25) is 0 Å². The van der Waals surface area contributed by atoms with E-state index in [1.807, 2.05) is 13.0 Å². The van der Waals surface area contributed by atoms with Crippen molar-refractivity contribution in [2.45, 2.75) is 39.0 Å². The lowest BCUT2D eigenvalue weighted by molar-refractivity contribution is -0.274. The van der Waals surface area contributed by atoms with Crippen LogP contribution in [0.1, 0.15) is 37.3 Å². The largest absolute Gasteiger partial charge is 0.573 e. The normalized spacial score (nSPS) is 21.1. The fourth-order valence-electron chi connectivity index (χ4n) is 4.28. The third kappa shape index (κ3) is 4.01. The van der Waals surface area contributed by atoms with Crippen molar-refractivity contribution >= 4 is 11.4 Å². The summed E-state index contributed by atoms with van der Waals surface area (Å²) in [4.78, 5) is 12.9. The van der Waals surface area contributed by atoms with E-state index in [-0.39, 0.29) is 29.1 Å². The maximum atomic E-state index is 12.9. The molecule has 0 aromatic heterocycles. The van der Waals surface area contributed by atoms with E-state index in [9.17, 15) is 23.1 Å². The van der Waals surface area contributed by atoms with Gasteiger partial charge in [0, 0.05) is 11.8 Å². The van der Waals surface area contributed by atoms with Crippen LogP contribution in [-0.2, 0) is 11.2 Å². The van der Waals surface area contributed by atoms with Crippen LogP contribution in [-0.4, -0.2) is 17.3 Å². The molecule has 4 rings (SSSR count). The molecule has 0 radical (unpaired) electrons. The van der Waals surface area contributed by atoms with Gasteiger partial charge in [0.2, 0.25) is 0 Å². The molecule has 158 valence electrons. The summed E-state index contributed by atoms with van der Waals surface area (Å²) in [5, 5.41) is 10.7. The molecule has 4 nitrogen and oxygen atoms in total. The highest BCUT2D eigenvalue weighted by molar-refractivity contribution is 6.23. The highest BCUT2D eigenvalue weighted by atomic mass is 19.4. The molecule has 2 aliphatic carbocycles. The number of allylic oxidation sites excluding steroid dienone is 2. The molecule has 30 heavy (non-hydrogen) atoms. The molecule has 0 saturated heterocycles. The number of alkyl halides is 3. The van der Waals surface area contributed by atoms with Crippen molar-refractivity contribution in [3.63, 3.8) is 0 Å². The van der Waals surface area contributed by atoms with Crippen molar-refractivity contribution in [1.82, 2.24) is 0 Å². The minimum absolute atomic E-state index is 0.0261. The summed E-state index contributed by atoms with van der Waals surface area (Å²) in [7, 11) is 0. The number of aryl methyl sites for hydroxylation is 1. The number of aliphatic hydroxyl groups is 1. The molecule has 0 aliphatic heterocycles. The van der Waals surface area contributed by atoms with Gasteiger partial charge in [-0.15, -0.1) is 13.2 Å². The molecule has 1 saturated carbocycles. The van der Waals surface area contributed by atoms with E-state index in [4.69, 9.17) is 4.74 Å². The molecular formula is C23H21F3O4. The number of halogens is 3. The Kier molecular flexibility index (Phi) is 5.22. The molecule has 2 atom stereocenters. The van der Waals surface area contributed by atoms with Gasteiger partial charge < -0.3 is 14.6 Å². The standard InChI is InChI=1S/C23H21F3O4/c1-2-13-5-6-18(29-16-7-9-17(10-8-16)30-23(24,25)26)12-19(13)20-21(27)14-3-4-15(11-14)22(20)28/h5-10,12,14-15,27H,2-4,11H2,1H3. The van der Waals surface area contributed by atoms with Gasteiger partial charge in [-0.05, 0) is 73.2 Å². The molecule has 0 amide bonds. The van der Waals surface area contributed by atoms with Gasteiger partial charge in [-0.25, -0.2) is 0 Å². The van der Waals surface area contributed by atoms with Crippen molar-refractivity contribution in [2.75, 3.05) is 0 Å². The molecule has 2 aromatic rings. The number of aliphatic hydroxyl groups excluding tert-OH is 1. The smallest absolute Gasteiger partial charge is 0.511 e. The van der Waals surface area contributed by atoms with Gasteiger partial charge in [0.1, 0.15) is 23.0 Å². The van der Waals surface area contributed by atoms with E-state index in [1.165, 1.54) is 24.3 Å². The summed E-state index contributed by atoms with van der Waals surface area (Å²) >= 11 is 0. The number of fused-ring (bicyclic) bond motifs is 2. The molecule has 1 fully saturated rings. The molecule has 2 aliphatic rings. The third-order valence-corrected chi connectivity index (χ3v) is 5.72. The van der Waals surface area contributed by atoms with Crippen LogP contribution in [0.3, 0.4) is 0 Å². The second-order valence-corrected chi connectivity index (χ2v) is 7.63. The van der Waals surface area contributed by atoms with Crippen LogP contribution < -0.4 is 9.47 Å². The fourth-order valence-corrected chi connectivity index (χ4v) is 4.28. The summed E-state index contributed by atoms with van der Waals surface area (Å²) < 4.78 is 46.5. The highest BCUT2D eigenvalue weighted by Gasteiger charge is 2.41. The first-order chi connectivity index (χ1) is 14.2. The zero-order chi connectivity index (χ0) is 21.5.